The molecule has 15 rings (SSSR count). The number of hydrogen-bond donors (Lipinski definition) is 0. The summed E-state index contributed by atoms with van der Waals surface area (Å²) in [6, 6.07) is 94.2. The van der Waals surface area contributed by atoms with Crippen molar-refractivity contribution in [3.05, 3.63) is 288 Å². The fourth-order valence-corrected chi connectivity index (χ4v) is 14.3. The first-order valence-corrected chi connectivity index (χ1v) is 26.4. The van der Waals surface area contributed by atoms with Crippen molar-refractivity contribution in [2.45, 2.75) is 24.7 Å². The Morgan fingerprint density at radius 1 is 0.365 bits per heavy atom. The third-order valence-electron chi connectivity index (χ3n) is 16.1. The van der Waals surface area contributed by atoms with Crippen LogP contribution in [0.5, 0.6) is 0 Å². The molecule has 0 saturated heterocycles. The van der Waals surface area contributed by atoms with E-state index in [0.717, 1.165) is 56.1 Å². The average Bonchev–Trinajstić information content (AvgIpc) is 4.19. The molecule has 0 saturated carbocycles. The second-order valence-electron chi connectivity index (χ2n) is 20.3. The van der Waals surface area contributed by atoms with E-state index in [4.69, 9.17) is 4.42 Å². The van der Waals surface area contributed by atoms with Crippen LogP contribution in [0.2, 0.25) is 0 Å². The maximum atomic E-state index is 6.67. The maximum Gasteiger partial charge on any atom is 0.137 e. The minimum atomic E-state index is -0.649. The van der Waals surface area contributed by atoms with Gasteiger partial charge in [-0.2, -0.15) is 0 Å². The van der Waals surface area contributed by atoms with Gasteiger partial charge in [-0.15, -0.1) is 11.3 Å². The van der Waals surface area contributed by atoms with E-state index in [1.807, 2.05) is 11.3 Å². The summed E-state index contributed by atoms with van der Waals surface area (Å²) in [5, 5.41) is 4.69. The molecule has 13 aromatic rings. The lowest BCUT2D eigenvalue weighted by Crippen LogP contribution is -2.30. The molecule has 350 valence electrons. The monoisotopic (exact) mass is 964 g/mol. The first kappa shape index (κ1) is 42.7. The van der Waals surface area contributed by atoms with Crippen LogP contribution >= 0.6 is 11.3 Å². The van der Waals surface area contributed by atoms with Crippen LogP contribution < -0.4 is 9.80 Å². The summed E-state index contributed by atoms with van der Waals surface area (Å²) in [5.74, 6) is 0. The topological polar surface area (TPSA) is 19.6 Å². The van der Waals surface area contributed by atoms with Crippen molar-refractivity contribution in [1.82, 2.24) is 0 Å². The van der Waals surface area contributed by atoms with Crippen LogP contribution in [0.1, 0.15) is 47.2 Å². The Hall–Kier alpha value is -8.96. The molecule has 3 nitrogen and oxygen atoms in total. The minimum Gasteiger partial charge on any atom is -0.456 e. The van der Waals surface area contributed by atoms with Crippen LogP contribution in [0.4, 0.5) is 34.1 Å². The maximum absolute atomic E-state index is 6.67. The second kappa shape index (κ2) is 16.3. The number of anilines is 6. The lowest BCUT2D eigenvalue weighted by Gasteiger charge is -2.38. The summed E-state index contributed by atoms with van der Waals surface area (Å²) in [5.41, 5.74) is 20.0. The Labute approximate surface area is 434 Å². The highest BCUT2D eigenvalue weighted by molar-refractivity contribution is 7.26. The Balaban J connectivity index is 1.05. The van der Waals surface area contributed by atoms with Crippen molar-refractivity contribution >= 4 is 87.6 Å². The summed E-state index contributed by atoms with van der Waals surface area (Å²) < 4.78 is 9.18. The molecule has 0 unspecified atom stereocenters. The van der Waals surface area contributed by atoms with Gasteiger partial charge in [0.25, 0.3) is 0 Å². The molecule has 0 N–H and O–H groups in total. The zero-order valence-corrected chi connectivity index (χ0v) is 41.8. The van der Waals surface area contributed by atoms with Crippen LogP contribution in [0.3, 0.4) is 0 Å². The molecule has 2 aliphatic carbocycles. The Bertz CT molecular complexity index is 4330. The lowest BCUT2D eigenvalue weighted by atomic mass is 9.67. The molecule has 0 fully saturated rings. The number of fused-ring (bicyclic) bond motifs is 12. The van der Waals surface area contributed by atoms with E-state index in [9.17, 15) is 0 Å². The van der Waals surface area contributed by atoms with Crippen molar-refractivity contribution in [2.75, 3.05) is 9.80 Å². The molecule has 0 atom stereocenters. The highest BCUT2D eigenvalue weighted by Crippen LogP contribution is 2.61. The van der Waals surface area contributed by atoms with Gasteiger partial charge in [0, 0.05) is 43.2 Å². The van der Waals surface area contributed by atoms with E-state index < -0.39 is 5.41 Å². The first-order valence-electron chi connectivity index (χ1n) is 25.6. The van der Waals surface area contributed by atoms with Gasteiger partial charge in [-0.3, -0.25) is 0 Å². The molecule has 11 aromatic carbocycles. The number of thiophene rings is 1. The van der Waals surface area contributed by atoms with Gasteiger partial charge in [-0.05, 0) is 111 Å². The number of furan rings is 1. The van der Waals surface area contributed by atoms with E-state index in [0.29, 0.717) is 0 Å². The standard InChI is InChI=1S/C70H48N2OS/c1-69(2)56-35-13-9-28-49(56)52-32-18-38-59(66(52)69)71(58-37-21-42-63-65(58)55-31-11-15-41-62(55)73-63)47-26-17-27-48(44-47)72(61-40-20-34-54-51-30-12-16-43-64(51)74-68(54)61)60-39-19-33-53-50-29-10-14-36-57(50)70(67(53)60,45-22-5-3-6-23-45)46-24-7-4-8-25-46/h3-44H,1-2H3. The average molecular weight is 965 g/mol. The lowest BCUT2D eigenvalue weighted by molar-refractivity contribution is 0.661. The largest absolute Gasteiger partial charge is 0.456 e. The predicted molar refractivity (Wildman–Crippen MR) is 311 cm³/mol. The SMILES string of the molecule is CC1(C)c2ccccc2-c2cccc(N(c3cccc(N(c4cccc5c4C(c4ccccc4)(c4ccccc4)c4ccccc4-5)c4cccc5c4sc4ccccc45)c3)c3cccc4oc5ccccc5c34)c21. The number of nitrogens with zero attached hydrogens (tertiary/aromatic N) is 2. The van der Waals surface area contributed by atoms with Crippen molar-refractivity contribution in [2.24, 2.45) is 0 Å². The zero-order chi connectivity index (χ0) is 49.1. The Morgan fingerprint density at radius 2 is 0.851 bits per heavy atom. The molecular weight excluding hydrogens is 917 g/mol. The zero-order valence-electron chi connectivity index (χ0n) is 41.0. The molecule has 2 heterocycles. The number of hydrogen-bond acceptors (Lipinski definition) is 4. The molecule has 0 spiro atoms. The van der Waals surface area contributed by atoms with Gasteiger partial charge in [0.15, 0.2) is 0 Å². The van der Waals surface area contributed by atoms with Crippen molar-refractivity contribution < 1.29 is 4.42 Å². The molecule has 74 heavy (non-hydrogen) atoms. The third-order valence-corrected chi connectivity index (χ3v) is 17.3. The molecular formula is C70H48N2OS. The summed E-state index contributed by atoms with van der Waals surface area (Å²) in [4.78, 5) is 5.09. The Morgan fingerprint density at radius 3 is 1.59 bits per heavy atom. The van der Waals surface area contributed by atoms with Crippen molar-refractivity contribution in [3.63, 3.8) is 0 Å². The molecule has 2 aliphatic rings. The third kappa shape index (κ3) is 6.00. The van der Waals surface area contributed by atoms with E-state index in [-0.39, 0.29) is 5.41 Å². The van der Waals surface area contributed by atoms with Gasteiger partial charge in [0.2, 0.25) is 0 Å². The Kier molecular flexibility index (Phi) is 9.39. The fourth-order valence-electron chi connectivity index (χ4n) is 13.1. The smallest absolute Gasteiger partial charge is 0.137 e. The fraction of sp³-hybridized carbons (Fsp3) is 0.0571. The molecule has 2 aromatic heterocycles. The highest BCUT2D eigenvalue weighted by atomic mass is 32.1. The second-order valence-corrected chi connectivity index (χ2v) is 21.3. The van der Waals surface area contributed by atoms with Gasteiger partial charge in [0.05, 0.1) is 38.3 Å². The minimum absolute atomic E-state index is 0.286. The van der Waals surface area contributed by atoms with Crippen molar-refractivity contribution in [3.8, 4) is 22.3 Å². The molecule has 0 radical (unpaired) electrons. The van der Waals surface area contributed by atoms with E-state index in [1.165, 1.54) is 75.8 Å². The quantitative estimate of drug-likeness (QED) is 0.151. The van der Waals surface area contributed by atoms with Crippen LogP contribution in [-0.2, 0) is 10.8 Å². The van der Waals surface area contributed by atoms with E-state index in [2.05, 4.69) is 278 Å². The summed E-state index contributed by atoms with van der Waals surface area (Å²) >= 11 is 1.87. The summed E-state index contributed by atoms with van der Waals surface area (Å²) in [6.45, 7) is 4.77. The molecule has 0 amide bonds. The van der Waals surface area contributed by atoms with Gasteiger partial charge in [0.1, 0.15) is 11.2 Å². The molecule has 0 aliphatic heterocycles. The highest BCUT2D eigenvalue weighted by Gasteiger charge is 2.48. The predicted octanol–water partition coefficient (Wildman–Crippen LogP) is 19.6. The van der Waals surface area contributed by atoms with Crippen LogP contribution in [0, 0.1) is 0 Å². The number of rotatable bonds is 8. The summed E-state index contributed by atoms with van der Waals surface area (Å²) in [6.07, 6.45) is 0. The summed E-state index contributed by atoms with van der Waals surface area (Å²) in [7, 11) is 0. The molecule has 4 heteroatoms. The van der Waals surface area contributed by atoms with Crippen LogP contribution in [-0.4, -0.2) is 0 Å². The van der Waals surface area contributed by atoms with Gasteiger partial charge < -0.3 is 14.2 Å². The van der Waals surface area contributed by atoms with Gasteiger partial charge >= 0.3 is 0 Å². The number of para-hydroxylation sites is 1. The number of benzene rings is 11. The first-order chi connectivity index (χ1) is 36.5. The molecule has 0 bridgehead atoms. The van der Waals surface area contributed by atoms with E-state index >= 15 is 0 Å². The van der Waals surface area contributed by atoms with Crippen molar-refractivity contribution in [1.29, 1.82) is 0 Å². The van der Waals surface area contributed by atoms with Crippen LogP contribution in [0.15, 0.2) is 259 Å². The van der Waals surface area contributed by atoms with Crippen LogP contribution in [0.25, 0.3) is 64.4 Å². The van der Waals surface area contributed by atoms with Gasteiger partial charge in [-0.1, -0.05) is 208 Å². The van der Waals surface area contributed by atoms with Gasteiger partial charge in [-0.25, -0.2) is 0 Å². The van der Waals surface area contributed by atoms with E-state index in [1.54, 1.807) is 0 Å². The normalized spacial score (nSPS) is 13.8.